The number of nitrogens with one attached hydrogen (secondary N) is 1. The van der Waals surface area contributed by atoms with Gasteiger partial charge in [-0.3, -0.25) is 19.8 Å². The van der Waals surface area contributed by atoms with E-state index in [2.05, 4.69) is 38.3 Å². The van der Waals surface area contributed by atoms with Gasteiger partial charge >= 0.3 is 0 Å². The minimum absolute atomic E-state index is 0.0216. The molecule has 1 unspecified atom stereocenters. The zero-order valence-corrected chi connectivity index (χ0v) is 16.7. The lowest BCUT2D eigenvalue weighted by atomic mass is 9.96. The summed E-state index contributed by atoms with van der Waals surface area (Å²) in [6, 6.07) is 13.0. The van der Waals surface area contributed by atoms with Crippen LogP contribution in [-0.2, 0) is 11.3 Å². The highest BCUT2D eigenvalue weighted by atomic mass is 79.9. The summed E-state index contributed by atoms with van der Waals surface area (Å²) in [7, 11) is 0. The van der Waals surface area contributed by atoms with Crippen molar-refractivity contribution < 1.29 is 9.72 Å². The molecule has 27 heavy (non-hydrogen) atoms. The van der Waals surface area contributed by atoms with Crippen molar-refractivity contribution in [2.24, 2.45) is 5.92 Å². The maximum absolute atomic E-state index is 12.7. The van der Waals surface area contributed by atoms with Gasteiger partial charge in [0.1, 0.15) is 0 Å². The molecule has 1 aliphatic heterocycles. The summed E-state index contributed by atoms with van der Waals surface area (Å²) in [5, 5.41) is 14.0. The van der Waals surface area contributed by atoms with E-state index in [9.17, 15) is 14.9 Å². The lowest BCUT2D eigenvalue weighted by Gasteiger charge is -2.32. The Balaban J connectivity index is 1.64. The quantitative estimate of drug-likeness (QED) is 0.557. The molecule has 1 fully saturated rings. The van der Waals surface area contributed by atoms with E-state index >= 15 is 0 Å². The van der Waals surface area contributed by atoms with Crippen LogP contribution in [0.4, 0.5) is 11.4 Å². The molecule has 2 aromatic rings. The van der Waals surface area contributed by atoms with Crippen LogP contribution in [0, 0.1) is 23.0 Å². The zero-order chi connectivity index (χ0) is 19.4. The van der Waals surface area contributed by atoms with Gasteiger partial charge in [0.05, 0.1) is 22.1 Å². The topological polar surface area (TPSA) is 75.5 Å². The first kappa shape index (κ1) is 19.5. The molecule has 1 amide bonds. The van der Waals surface area contributed by atoms with Crippen LogP contribution in [0.5, 0.6) is 0 Å². The van der Waals surface area contributed by atoms with E-state index in [1.165, 1.54) is 11.6 Å². The van der Waals surface area contributed by atoms with Gasteiger partial charge in [0, 0.05) is 23.6 Å². The summed E-state index contributed by atoms with van der Waals surface area (Å²) in [5.41, 5.74) is 2.24. The van der Waals surface area contributed by atoms with Crippen molar-refractivity contribution in [3.8, 4) is 0 Å². The number of carbonyl (C=O) groups is 1. The number of hydrogen-bond donors (Lipinski definition) is 1. The van der Waals surface area contributed by atoms with Gasteiger partial charge < -0.3 is 5.32 Å². The highest BCUT2D eigenvalue weighted by Gasteiger charge is 2.26. The first-order valence-electron chi connectivity index (χ1n) is 8.95. The third-order valence-corrected chi connectivity index (χ3v) is 5.48. The van der Waals surface area contributed by atoms with Crippen LogP contribution >= 0.6 is 15.9 Å². The van der Waals surface area contributed by atoms with Crippen LogP contribution in [0.3, 0.4) is 0 Å². The molecule has 1 N–H and O–H groups in total. The van der Waals surface area contributed by atoms with E-state index in [4.69, 9.17) is 0 Å². The van der Waals surface area contributed by atoms with Crippen molar-refractivity contribution in [3.63, 3.8) is 0 Å². The van der Waals surface area contributed by atoms with Gasteiger partial charge in [-0.15, -0.1) is 0 Å². The van der Waals surface area contributed by atoms with Gasteiger partial charge in [0.15, 0.2) is 0 Å². The second kappa shape index (κ2) is 8.63. The predicted octanol–water partition coefficient (Wildman–Crippen LogP) is 4.52. The van der Waals surface area contributed by atoms with Crippen molar-refractivity contribution in [2.75, 3.05) is 18.4 Å². The number of likely N-dealkylation sites (tertiary alicyclic amines) is 1. The molecule has 1 heterocycles. The largest absolute Gasteiger partial charge is 0.325 e. The Morgan fingerprint density at radius 2 is 2.04 bits per heavy atom. The monoisotopic (exact) mass is 431 g/mol. The Labute approximate surface area is 166 Å². The Kier molecular flexibility index (Phi) is 6.23. The summed E-state index contributed by atoms with van der Waals surface area (Å²) in [4.78, 5) is 25.7. The molecule has 1 saturated heterocycles. The minimum Gasteiger partial charge on any atom is -0.325 e. The Morgan fingerprint density at radius 1 is 1.30 bits per heavy atom. The van der Waals surface area contributed by atoms with Gasteiger partial charge in [-0.2, -0.15) is 0 Å². The summed E-state index contributed by atoms with van der Waals surface area (Å²) >= 11 is 3.44. The van der Waals surface area contributed by atoms with Gasteiger partial charge in [0.25, 0.3) is 5.69 Å². The molecule has 142 valence electrons. The molecule has 1 aliphatic rings. The molecular formula is C20H22BrN3O3. The van der Waals surface area contributed by atoms with E-state index in [1.54, 1.807) is 19.1 Å². The van der Waals surface area contributed by atoms with E-state index in [1.807, 2.05) is 12.1 Å². The van der Waals surface area contributed by atoms with Gasteiger partial charge in [0.2, 0.25) is 5.91 Å². The Bertz CT molecular complexity index is 839. The van der Waals surface area contributed by atoms with Crippen LogP contribution in [0.15, 0.2) is 46.9 Å². The van der Waals surface area contributed by atoms with Crippen molar-refractivity contribution in [1.29, 1.82) is 0 Å². The van der Waals surface area contributed by atoms with Crippen LogP contribution in [0.25, 0.3) is 0 Å². The zero-order valence-electron chi connectivity index (χ0n) is 15.2. The van der Waals surface area contributed by atoms with Gasteiger partial charge in [-0.25, -0.2) is 0 Å². The highest BCUT2D eigenvalue weighted by molar-refractivity contribution is 9.10. The average molecular weight is 432 g/mol. The summed E-state index contributed by atoms with van der Waals surface area (Å²) < 4.78 is 1.05. The number of anilines is 1. The van der Waals surface area contributed by atoms with Crippen LogP contribution in [0.1, 0.15) is 24.0 Å². The number of halogens is 1. The van der Waals surface area contributed by atoms with Crippen LogP contribution < -0.4 is 5.32 Å². The van der Waals surface area contributed by atoms with E-state index in [-0.39, 0.29) is 17.5 Å². The molecule has 1 atom stereocenters. The standard InChI is InChI=1S/C20H22BrN3O3/c1-14-18(5-2-6-19(14)24(26)27)22-20(25)16-4-3-11-23(13-16)12-15-7-9-17(21)10-8-15/h2,5-10,16H,3-4,11-13H2,1H3,(H,22,25). The van der Waals surface area contributed by atoms with Crippen molar-refractivity contribution in [3.05, 3.63) is 68.2 Å². The number of piperidine rings is 1. The summed E-state index contributed by atoms with van der Waals surface area (Å²) in [6.07, 6.45) is 1.79. The van der Waals surface area contributed by atoms with E-state index in [0.29, 0.717) is 17.8 Å². The van der Waals surface area contributed by atoms with E-state index < -0.39 is 4.92 Å². The van der Waals surface area contributed by atoms with Crippen LogP contribution in [-0.4, -0.2) is 28.8 Å². The first-order valence-corrected chi connectivity index (χ1v) is 9.75. The SMILES string of the molecule is Cc1c(NC(=O)C2CCCN(Cc3ccc(Br)cc3)C2)cccc1[N+](=O)[O-]. The lowest BCUT2D eigenvalue weighted by Crippen LogP contribution is -2.40. The molecule has 0 radical (unpaired) electrons. The molecule has 0 spiro atoms. The Hall–Kier alpha value is -2.25. The molecule has 7 heteroatoms. The van der Waals surface area contributed by atoms with Crippen molar-refractivity contribution in [1.82, 2.24) is 4.90 Å². The fraction of sp³-hybridized carbons (Fsp3) is 0.350. The normalized spacial score (nSPS) is 17.5. The molecule has 0 saturated carbocycles. The Morgan fingerprint density at radius 3 is 2.74 bits per heavy atom. The number of nitrogens with zero attached hydrogens (tertiary/aromatic N) is 2. The smallest absolute Gasteiger partial charge is 0.274 e. The molecule has 0 bridgehead atoms. The fourth-order valence-electron chi connectivity index (χ4n) is 3.45. The number of nitro groups is 1. The molecular weight excluding hydrogens is 410 g/mol. The minimum atomic E-state index is -0.425. The van der Waals surface area contributed by atoms with Crippen molar-refractivity contribution in [2.45, 2.75) is 26.3 Å². The first-order chi connectivity index (χ1) is 12.9. The molecule has 2 aromatic carbocycles. The fourth-order valence-corrected chi connectivity index (χ4v) is 3.72. The summed E-state index contributed by atoms with van der Waals surface area (Å²) in [5.74, 6) is -0.188. The lowest BCUT2D eigenvalue weighted by molar-refractivity contribution is -0.385. The maximum atomic E-state index is 12.7. The second-order valence-corrected chi connectivity index (χ2v) is 7.81. The molecule has 3 rings (SSSR count). The summed E-state index contributed by atoms with van der Waals surface area (Å²) in [6.45, 7) is 4.13. The maximum Gasteiger partial charge on any atom is 0.274 e. The number of amides is 1. The predicted molar refractivity (Wildman–Crippen MR) is 109 cm³/mol. The van der Waals surface area contributed by atoms with E-state index in [0.717, 1.165) is 30.4 Å². The van der Waals surface area contributed by atoms with Gasteiger partial charge in [-0.05, 0) is 50.1 Å². The third kappa shape index (κ3) is 4.93. The number of rotatable bonds is 5. The van der Waals surface area contributed by atoms with Crippen LogP contribution in [0.2, 0.25) is 0 Å². The number of nitro benzene ring substituents is 1. The number of benzene rings is 2. The second-order valence-electron chi connectivity index (χ2n) is 6.90. The average Bonchev–Trinajstić information content (AvgIpc) is 2.65. The number of hydrogen-bond acceptors (Lipinski definition) is 4. The highest BCUT2D eigenvalue weighted by Crippen LogP contribution is 2.27. The molecule has 6 nitrogen and oxygen atoms in total. The third-order valence-electron chi connectivity index (χ3n) is 4.96. The van der Waals surface area contributed by atoms with Crippen molar-refractivity contribution >= 4 is 33.2 Å². The molecule has 0 aliphatic carbocycles. The number of carbonyl (C=O) groups excluding carboxylic acids is 1. The molecule has 0 aromatic heterocycles. The van der Waals surface area contributed by atoms with Gasteiger partial charge in [-0.1, -0.05) is 34.1 Å².